The zero-order valence-corrected chi connectivity index (χ0v) is 12.8. The largest absolute Gasteiger partial charge is 0.303 e. The van der Waals surface area contributed by atoms with Crippen LogP contribution >= 0.6 is 11.3 Å². The lowest BCUT2D eigenvalue weighted by atomic mass is 9.90. The number of nitriles is 1. The van der Waals surface area contributed by atoms with E-state index in [0.717, 1.165) is 25.8 Å². The van der Waals surface area contributed by atoms with Crippen molar-refractivity contribution in [2.75, 3.05) is 13.6 Å². The van der Waals surface area contributed by atoms with E-state index in [0.29, 0.717) is 6.04 Å². The summed E-state index contributed by atoms with van der Waals surface area (Å²) in [5.74, 6) is 0. The Bertz CT molecular complexity index is 376. The van der Waals surface area contributed by atoms with Crippen LogP contribution in [0.3, 0.4) is 0 Å². The minimum Gasteiger partial charge on any atom is -0.303 e. The Morgan fingerprint density at radius 3 is 2.78 bits per heavy atom. The van der Waals surface area contributed by atoms with Crippen LogP contribution in [0.1, 0.15) is 38.5 Å². The molecule has 0 fully saturated rings. The van der Waals surface area contributed by atoms with Gasteiger partial charge in [-0.05, 0) is 65.1 Å². The molecule has 2 nitrogen and oxygen atoms in total. The normalized spacial score (nSPS) is 13.6. The molecule has 3 heteroatoms. The summed E-state index contributed by atoms with van der Waals surface area (Å²) in [6.07, 6.45) is 3.18. The molecule has 1 aromatic rings. The number of likely N-dealkylation sites (N-methyl/N-ethyl adjacent to an activating group) is 1. The van der Waals surface area contributed by atoms with Gasteiger partial charge in [-0.2, -0.15) is 5.26 Å². The van der Waals surface area contributed by atoms with Gasteiger partial charge in [0, 0.05) is 10.9 Å². The predicted molar refractivity (Wildman–Crippen MR) is 78.7 cm³/mol. The van der Waals surface area contributed by atoms with E-state index in [2.05, 4.69) is 42.5 Å². The lowest BCUT2D eigenvalue weighted by Crippen LogP contribution is -2.32. The molecule has 0 aliphatic carbocycles. The number of rotatable bonds is 7. The monoisotopic (exact) mass is 264 g/mol. The molecule has 1 rings (SSSR count). The van der Waals surface area contributed by atoms with Crippen molar-refractivity contribution in [1.82, 2.24) is 4.90 Å². The summed E-state index contributed by atoms with van der Waals surface area (Å²) in [6.45, 7) is 7.37. The number of hydrogen-bond donors (Lipinski definition) is 0. The second-order valence-electron chi connectivity index (χ2n) is 5.71. The average molecular weight is 264 g/mol. The molecule has 100 valence electrons. The molecule has 0 N–H and O–H groups in total. The summed E-state index contributed by atoms with van der Waals surface area (Å²) < 4.78 is 0. The van der Waals surface area contributed by atoms with Crippen molar-refractivity contribution < 1.29 is 0 Å². The molecule has 0 aliphatic rings. The van der Waals surface area contributed by atoms with Gasteiger partial charge in [-0.3, -0.25) is 0 Å². The van der Waals surface area contributed by atoms with Gasteiger partial charge in [0.15, 0.2) is 0 Å². The molecule has 0 aliphatic heterocycles. The summed E-state index contributed by atoms with van der Waals surface area (Å²) in [5, 5.41) is 11.1. The fourth-order valence-electron chi connectivity index (χ4n) is 1.92. The van der Waals surface area contributed by atoms with Crippen LogP contribution in [0.25, 0.3) is 0 Å². The third-order valence-electron chi connectivity index (χ3n) is 3.44. The maximum absolute atomic E-state index is 8.98. The summed E-state index contributed by atoms with van der Waals surface area (Å²) in [7, 11) is 2.18. The van der Waals surface area contributed by atoms with Crippen LogP contribution in [0, 0.1) is 16.7 Å². The van der Waals surface area contributed by atoms with Crippen molar-refractivity contribution in [3.8, 4) is 6.07 Å². The third-order valence-corrected chi connectivity index (χ3v) is 4.34. The van der Waals surface area contributed by atoms with Gasteiger partial charge in [0.1, 0.15) is 0 Å². The molecule has 0 bridgehead atoms. The fraction of sp³-hybridized carbons (Fsp3) is 0.667. The highest BCUT2D eigenvalue weighted by Crippen LogP contribution is 2.21. The van der Waals surface area contributed by atoms with Crippen LogP contribution < -0.4 is 0 Å². The lowest BCUT2D eigenvalue weighted by Gasteiger charge is -2.25. The van der Waals surface area contributed by atoms with E-state index in [1.165, 1.54) is 4.88 Å². The van der Waals surface area contributed by atoms with E-state index in [-0.39, 0.29) is 5.41 Å². The molecule has 0 spiro atoms. The molecule has 0 radical (unpaired) electrons. The van der Waals surface area contributed by atoms with E-state index in [9.17, 15) is 0 Å². The summed E-state index contributed by atoms with van der Waals surface area (Å²) in [6, 6.07) is 7.24. The first-order chi connectivity index (χ1) is 8.44. The molecule has 1 atom stereocenters. The van der Waals surface area contributed by atoms with Gasteiger partial charge in [-0.15, -0.1) is 11.3 Å². The molecule has 1 unspecified atom stereocenters. The lowest BCUT2D eigenvalue weighted by molar-refractivity contribution is 0.242. The van der Waals surface area contributed by atoms with E-state index < -0.39 is 0 Å². The highest BCUT2D eigenvalue weighted by molar-refractivity contribution is 7.09. The third kappa shape index (κ3) is 5.20. The van der Waals surface area contributed by atoms with Crippen molar-refractivity contribution in [3.63, 3.8) is 0 Å². The fourth-order valence-corrected chi connectivity index (χ4v) is 2.75. The highest BCUT2D eigenvalue weighted by atomic mass is 32.1. The zero-order chi connectivity index (χ0) is 13.6. The summed E-state index contributed by atoms with van der Waals surface area (Å²) in [5.41, 5.74) is -0.183. The SMILES string of the molecule is CC(Cc1cccs1)N(C)CCCC(C)(C)C#N. The smallest absolute Gasteiger partial charge is 0.0683 e. The topological polar surface area (TPSA) is 27.0 Å². The molecule has 0 saturated heterocycles. The summed E-state index contributed by atoms with van der Waals surface area (Å²) >= 11 is 1.83. The van der Waals surface area contributed by atoms with E-state index >= 15 is 0 Å². The molecule has 18 heavy (non-hydrogen) atoms. The van der Waals surface area contributed by atoms with E-state index in [1.807, 2.05) is 25.2 Å². The van der Waals surface area contributed by atoms with Gasteiger partial charge in [0.05, 0.1) is 11.5 Å². The Kier molecular flexibility index (Phi) is 5.84. The zero-order valence-electron chi connectivity index (χ0n) is 11.9. The Morgan fingerprint density at radius 2 is 2.22 bits per heavy atom. The quantitative estimate of drug-likeness (QED) is 0.746. The summed E-state index contributed by atoms with van der Waals surface area (Å²) in [4.78, 5) is 3.85. The van der Waals surface area contributed by atoms with Gasteiger partial charge in [-0.1, -0.05) is 6.07 Å². The maximum Gasteiger partial charge on any atom is 0.0683 e. The first-order valence-corrected chi connectivity index (χ1v) is 7.46. The molecule has 0 saturated carbocycles. The Labute approximate surface area is 115 Å². The Morgan fingerprint density at radius 1 is 1.50 bits per heavy atom. The van der Waals surface area contributed by atoms with Crippen LogP contribution in [-0.2, 0) is 6.42 Å². The second kappa shape index (κ2) is 6.92. The van der Waals surface area contributed by atoms with E-state index in [4.69, 9.17) is 5.26 Å². The van der Waals surface area contributed by atoms with Crippen molar-refractivity contribution in [1.29, 1.82) is 5.26 Å². The molecule has 0 aromatic carbocycles. The van der Waals surface area contributed by atoms with Gasteiger partial charge in [0.2, 0.25) is 0 Å². The van der Waals surface area contributed by atoms with Gasteiger partial charge < -0.3 is 4.90 Å². The number of thiophene rings is 1. The molecular weight excluding hydrogens is 240 g/mol. The van der Waals surface area contributed by atoms with Crippen molar-refractivity contribution in [3.05, 3.63) is 22.4 Å². The van der Waals surface area contributed by atoms with Crippen LogP contribution in [-0.4, -0.2) is 24.5 Å². The minimum absolute atomic E-state index is 0.183. The Balaban J connectivity index is 2.28. The molecule has 1 aromatic heterocycles. The standard InChI is InChI=1S/C15H24N2S/c1-13(11-14-7-5-10-18-14)17(4)9-6-8-15(2,3)12-16/h5,7,10,13H,6,8-9,11H2,1-4H3. The second-order valence-corrected chi connectivity index (χ2v) is 6.74. The van der Waals surface area contributed by atoms with Crippen LogP contribution in [0.4, 0.5) is 0 Å². The van der Waals surface area contributed by atoms with Crippen molar-refractivity contribution in [2.45, 2.75) is 46.1 Å². The number of hydrogen-bond acceptors (Lipinski definition) is 3. The molecule has 1 heterocycles. The van der Waals surface area contributed by atoms with Crippen LogP contribution in [0.2, 0.25) is 0 Å². The Hall–Kier alpha value is -0.850. The van der Waals surface area contributed by atoms with Gasteiger partial charge >= 0.3 is 0 Å². The van der Waals surface area contributed by atoms with Crippen molar-refractivity contribution >= 4 is 11.3 Å². The average Bonchev–Trinajstić information content (AvgIpc) is 2.81. The van der Waals surface area contributed by atoms with Crippen LogP contribution in [0.15, 0.2) is 17.5 Å². The molecular formula is C15H24N2S. The first kappa shape index (κ1) is 15.2. The van der Waals surface area contributed by atoms with E-state index in [1.54, 1.807) is 0 Å². The highest BCUT2D eigenvalue weighted by Gasteiger charge is 2.17. The van der Waals surface area contributed by atoms with Gasteiger partial charge in [-0.25, -0.2) is 0 Å². The molecule has 0 amide bonds. The maximum atomic E-state index is 8.98. The van der Waals surface area contributed by atoms with Gasteiger partial charge in [0.25, 0.3) is 0 Å². The van der Waals surface area contributed by atoms with Crippen molar-refractivity contribution in [2.24, 2.45) is 5.41 Å². The first-order valence-electron chi connectivity index (χ1n) is 6.58. The van der Waals surface area contributed by atoms with Crippen LogP contribution in [0.5, 0.6) is 0 Å². The minimum atomic E-state index is -0.183. The number of nitrogens with zero attached hydrogens (tertiary/aromatic N) is 2. The predicted octanol–water partition coefficient (Wildman–Crippen LogP) is 3.94.